The lowest BCUT2D eigenvalue weighted by Crippen LogP contribution is -1.97. The number of ether oxygens (including phenoxy) is 3. The lowest BCUT2D eigenvalue weighted by atomic mass is 10.0. The van der Waals surface area contributed by atoms with E-state index < -0.39 is 0 Å². The molecule has 0 bridgehead atoms. The van der Waals surface area contributed by atoms with Gasteiger partial charge in [-0.3, -0.25) is 0 Å². The SMILES string of the molecule is CC(=O)CCc1ccc(OCCC=C(C)CCc2ccc3c(c2)OCO3)cc1. The Bertz CT molecular complexity index is 821. The average Bonchev–Trinajstić information content (AvgIpc) is 3.17. The van der Waals surface area contributed by atoms with Crippen LogP contribution in [-0.4, -0.2) is 19.2 Å². The zero-order valence-electron chi connectivity index (χ0n) is 16.7. The molecule has 2 aromatic carbocycles. The van der Waals surface area contributed by atoms with Gasteiger partial charge in [0.05, 0.1) is 6.61 Å². The van der Waals surface area contributed by atoms with Crippen LogP contribution in [0.25, 0.3) is 0 Å². The minimum atomic E-state index is 0.223. The van der Waals surface area contributed by atoms with E-state index >= 15 is 0 Å². The van der Waals surface area contributed by atoms with Gasteiger partial charge in [-0.2, -0.15) is 0 Å². The fraction of sp³-hybridized carbons (Fsp3) is 0.375. The summed E-state index contributed by atoms with van der Waals surface area (Å²) in [5.41, 5.74) is 3.79. The van der Waals surface area contributed by atoms with E-state index in [-0.39, 0.29) is 5.78 Å². The first-order valence-electron chi connectivity index (χ1n) is 9.85. The van der Waals surface area contributed by atoms with E-state index in [1.165, 1.54) is 16.7 Å². The van der Waals surface area contributed by atoms with Crippen molar-refractivity contribution in [3.05, 3.63) is 65.2 Å². The minimum absolute atomic E-state index is 0.223. The van der Waals surface area contributed by atoms with Gasteiger partial charge in [-0.1, -0.05) is 29.8 Å². The molecule has 0 aromatic heterocycles. The standard InChI is InChI=1S/C24H28O4/c1-18(5-7-21-11-14-23-24(16-21)28-17-27-23)4-3-15-26-22-12-9-20(10-13-22)8-6-19(2)25/h4,9-14,16H,3,5-8,15,17H2,1-2H3. The zero-order valence-corrected chi connectivity index (χ0v) is 16.7. The molecule has 4 heteroatoms. The average molecular weight is 380 g/mol. The summed E-state index contributed by atoms with van der Waals surface area (Å²) in [6.45, 7) is 4.77. The highest BCUT2D eigenvalue weighted by Crippen LogP contribution is 2.33. The van der Waals surface area contributed by atoms with Gasteiger partial charge in [-0.25, -0.2) is 0 Å². The molecule has 0 amide bonds. The number of Topliss-reactive ketones (excluding diaryl/α,β-unsaturated/α-hetero) is 1. The second kappa shape index (κ2) is 9.98. The molecule has 1 aliphatic heterocycles. The molecular weight excluding hydrogens is 352 g/mol. The minimum Gasteiger partial charge on any atom is -0.493 e. The Balaban J connectivity index is 1.36. The molecule has 2 aromatic rings. The van der Waals surface area contributed by atoms with Gasteiger partial charge in [-0.15, -0.1) is 0 Å². The van der Waals surface area contributed by atoms with E-state index in [0.717, 1.165) is 42.9 Å². The molecule has 0 fully saturated rings. The number of hydrogen-bond donors (Lipinski definition) is 0. The number of carbonyl (C=O) groups excluding carboxylic acids is 1. The van der Waals surface area contributed by atoms with E-state index in [1.807, 2.05) is 30.3 Å². The summed E-state index contributed by atoms with van der Waals surface area (Å²) < 4.78 is 16.6. The normalized spacial score (nSPS) is 12.9. The van der Waals surface area contributed by atoms with Crippen LogP contribution in [0.2, 0.25) is 0 Å². The predicted molar refractivity (Wildman–Crippen MR) is 110 cm³/mol. The Labute approximate surface area is 167 Å². The van der Waals surface area contributed by atoms with E-state index in [4.69, 9.17) is 14.2 Å². The maximum Gasteiger partial charge on any atom is 0.231 e. The van der Waals surface area contributed by atoms with Crippen molar-refractivity contribution in [3.63, 3.8) is 0 Å². The summed E-state index contributed by atoms with van der Waals surface area (Å²) in [4.78, 5) is 11.0. The molecule has 0 atom stereocenters. The number of benzene rings is 2. The van der Waals surface area contributed by atoms with Gasteiger partial charge in [0.2, 0.25) is 6.79 Å². The third kappa shape index (κ3) is 6.15. The van der Waals surface area contributed by atoms with E-state index in [2.05, 4.69) is 25.1 Å². The molecule has 0 saturated heterocycles. The second-order valence-corrected chi connectivity index (χ2v) is 7.22. The molecule has 28 heavy (non-hydrogen) atoms. The molecule has 0 radical (unpaired) electrons. The fourth-order valence-electron chi connectivity index (χ4n) is 3.09. The maximum absolute atomic E-state index is 11.0. The Hall–Kier alpha value is -2.75. The topological polar surface area (TPSA) is 44.8 Å². The van der Waals surface area contributed by atoms with Crippen molar-refractivity contribution in [2.45, 2.75) is 46.0 Å². The summed E-state index contributed by atoms with van der Waals surface area (Å²) in [7, 11) is 0. The molecule has 4 nitrogen and oxygen atoms in total. The number of rotatable bonds is 10. The molecule has 0 N–H and O–H groups in total. The largest absolute Gasteiger partial charge is 0.493 e. The van der Waals surface area contributed by atoms with Crippen molar-refractivity contribution in [2.24, 2.45) is 0 Å². The van der Waals surface area contributed by atoms with Crippen LogP contribution in [0.4, 0.5) is 0 Å². The van der Waals surface area contributed by atoms with Crippen molar-refractivity contribution in [3.8, 4) is 17.2 Å². The Kier molecular flexibility index (Phi) is 7.12. The number of allylic oxidation sites excluding steroid dienone is 1. The van der Waals surface area contributed by atoms with Crippen LogP contribution in [0.3, 0.4) is 0 Å². The molecule has 1 heterocycles. The smallest absolute Gasteiger partial charge is 0.231 e. The number of ketones is 1. The van der Waals surface area contributed by atoms with Crippen LogP contribution >= 0.6 is 0 Å². The van der Waals surface area contributed by atoms with Crippen molar-refractivity contribution < 1.29 is 19.0 Å². The van der Waals surface area contributed by atoms with Crippen molar-refractivity contribution in [1.82, 2.24) is 0 Å². The number of aryl methyl sites for hydroxylation is 2. The van der Waals surface area contributed by atoms with Crippen molar-refractivity contribution in [1.29, 1.82) is 0 Å². The lowest BCUT2D eigenvalue weighted by molar-refractivity contribution is -0.116. The van der Waals surface area contributed by atoms with Gasteiger partial charge in [0, 0.05) is 6.42 Å². The first-order valence-corrected chi connectivity index (χ1v) is 9.85. The van der Waals surface area contributed by atoms with Gasteiger partial charge >= 0.3 is 0 Å². The molecular formula is C24H28O4. The van der Waals surface area contributed by atoms with Gasteiger partial charge in [0.1, 0.15) is 11.5 Å². The van der Waals surface area contributed by atoms with Gasteiger partial charge in [-0.05, 0) is 74.9 Å². The first-order chi connectivity index (χ1) is 13.6. The van der Waals surface area contributed by atoms with Crippen LogP contribution in [-0.2, 0) is 17.6 Å². The Morgan fingerprint density at radius 1 is 0.964 bits per heavy atom. The highest BCUT2D eigenvalue weighted by Gasteiger charge is 2.12. The molecule has 1 aliphatic rings. The third-order valence-electron chi connectivity index (χ3n) is 4.81. The van der Waals surface area contributed by atoms with Crippen molar-refractivity contribution in [2.75, 3.05) is 13.4 Å². The second-order valence-electron chi connectivity index (χ2n) is 7.22. The lowest BCUT2D eigenvalue weighted by Gasteiger charge is -2.07. The molecule has 0 saturated carbocycles. The fourth-order valence-corrected chi connectivity index (χ4v) is 3.09. The van der Waals surface area contributed by atoms with E-state index in [0.29, 0.717) is 19.8 Å². The Morgan fingerprint density at radius 2 is 1.68 bits per heavy atom. The van der Waals surface area contributed by atoms with Crippen LogP contribution in [0.15, 0.2) is 54.1 Å². The summed E-state index contributed by atoms with van der Waals surface area (Å²) in [5, 5.41) is 0. The molecule has 0 unspecified atom stereocenters. The summed E-state index contributed by atoms with van der Waals surface area (Å²) in [6, 6.07) is 14.2. The van der Waals surface area contributed by atoms with E-state index in [1.54, 1.807) is 6.92 Å². The number of fused-ring (bicyclic) bond motifs is 1. The van der Waals surface area contributed by atoms with Crippen LogP contribution in [0.5, 0.6) is 17.2 Å². The molecule has 3 rings (SSSR count). The van der Waals surface area contributed by atoms with Crippen LogP contribution in [0.1, 0.15) is 44.2 Å². The zero-order chi connectivity index (χ0) is 19.8. The third-order valence-corrected chi connectivity index (χ3v) is 4.81. The first kappa shape index (κ1) is 20.0. The van der Waals surface area contributed by atoms with Crippen LogP contribution in [0, 0.1) is 0 Å². The Morgan fingerprint density at radius 3 is 2.46 bits per heavy atom. The monoisotopic (exact) mass is 380 g/mol. The maximum atomic E-state index is 11.0. The van der Waals surface area contributed by atoms with Gasteiger partial charge in [0.25, 0.3) is 0 Å². The number of carbonyl (C=O) groups is 1. The molecule has 0 spiro atoms. The number of hydrogen-bond acceptors (Lipinski definition) is 4. The quantitative estimate of drug-likeness (QED) is 0.415. The highest BCUT2D eigenvalue weighted by atomic mass is 16.7. The highest BCUT2D eigenvalue weighted by molar-refractivity contribution is 5.75. The summed E-state index contributed by atoms with van der Waals surface area (Å²) in [5.74, 6) is 2.78. The molecule has 0 aliphatic carbocycles. The van der Waals surface area contributed by atoms with Gasteiger partial charge < -0.3 is 19.0 Å². The predicted octanol–water partition coefficient (Wildman–Crippen LogP) is 5.28. The van der Waals surface area contributed by atoms with Crippen LogP contribution < -0.4 is 14.2 Å². The van der Waals surface area contributed by atoms with E-state index in [9.17, 15) is 4.79 Å². The molecule has 148 valence electrons. The van der Waals surface area contributed by atoms with Crippen molar-refractivity contribution >= 4 is 5.78 Å². The summed E-state index contributed by atoms with van der Waals surface area (Å²) in [6.07, 6.45) is 6.52. The summed E-state index contributed by atoms with van der Waals surface area (Å²) >= 11 is 0. The van der Waals surface area contributed by atoms with Gasteiger partial charge in [0.15, 0.2) is 11.5 Å².